The zero-order valence-corrected chi connectivity index (χ0v) is 12.2. The Kier molecular flexibility index (Phi) is 5.16. The largest absolute Gasteiger partial charge is 0.409 e. The van der Waals surface area contributed by atoms with E-state index in [4.69, 9.17) is 15.7 Å². The minimum atomic E-state index is -0.0105. The van der Waals surface area contributed by atoms with Crippen molar-refractivity contribution in [3.63, 3.8) is 0 Å². The number of oxime groups is 1. The van der Waals surface area contributed by atoms with E-state index in [2.05, 4.69) is 5.16 Å². The molecule has 1 aliphatic rings. The summed E-state index contributed by atoms with van der Waals surface area (Å²) in [6, 6.07) is 7.08. The van der Waals surface area contributed by atoms with Crippen LogP contribution in [0.25, 0.3) is 0 Å². The number of hydrogen-bond acceptors (Lipinski definition) is 4. The third kappa shape index (κ3) is 3.72. The molecule has 1 amide bonds. The Morgan fingerprint density at radius 2 is 2.29 bits per heavy atom. The van der Waals surface area contributed by atoms with Crippen LogP contribution in [0.3, 0.4) is 0 Å². The molecule has 1 heterocycles. The fourth-order valence-corrected chi connectivity index (χ4v) is 2.50. The maximum absolute atomic E-state index is 12.3. The Morgan fingerprint density at radius 1 is 1.52 bits per heavy atom. The Bertz CT molecular complexity index is 525. The number of amides is 1. The minimum absolute atomic E-state index is 0.00984. The van der Waals surface area contributed by atoms with Gasteiger partial charge >= 0.3 is 0 Å². The first kappa shape index (κ1) is 15.3. The summed E-state index contributed by atoms with van der Waals surface area (Å²) < 4.78 is 5.53. The molecule has 21 heavy (non-hydrogen) atoms. The number of nitrogens with zero attached hydrogens (tertiary/aromatic N) is 2. The van der Waals surface area contributed by atoms with Crippen molar-refractivity contribution in [2.45, 2.75) is 31.8 Å². The van der Waals surface area contributed by atoms with Gasteiger partial charge < -0.3 is 20.6 Å². The molecule has 1 aromatic carbocycles. The summed E-state index contributed by atoms with van der Waals surface area (Å²) in [6.45, 7) is 0.793. The third-order valence-electron chi connectivity index (χ3n) is 3.73. The minimum Gasteiger partial charge on any atom is -0.409 e. The van der Waals surface area contributed by atoms with Crippen molar-refractivity contribution in [3.8, 4) is 0 Å². The molecule has 0 bridgehead atoms. The monoisotopic (exact) mass is 291 g/mol. The molecular formula is C15H21N3O3. The molecule has 1 unspecified atom stereocenters. The van der Waals surface area contributed by atoms with Crippen LogP contribution in [-0.2, 0) is 9.53 Å². The topological polar surface area (TPSA) is 88.2 Å². The molecule has 114 valence electrons. The highest BCUT2D eigenvalue weighted by molar-refractivity contribution is 6.06. The highest BCUT2D eigenvalue weighted by Gasteiger charge is 2.20. The lowest BCUT2D eigenvalue weighted by Gasteiger charge is -2.21. The van der Waals surface area contributed by atoms with Crippen molar-refractivity contribution in [3.05, 3.63) is 29.8 Å². The molecule has 0 radical (unpaired) electrons. The van der Waals surface area contributed by atoms with Gasteiger partial charge in [-0.3, -0.25) is 4.79 Å². The first-order valence-electron chi connectivity index (χ1n) is 7.08. The summed E-state index contributed by atoms with van der Waals surface area (Å²) >= 11 is 0. The van der Waals surface area contributed by atoms with Gasteiger partial charge in [-0.25, -0.2) is 0 Å². The molecule has 0 saturated carbocycles. The zero-order valence-electron chi connectivity index (χ0n) is 12.2. The molecule has 1 atom stereocenters. The molecule has 0 aliphatic carbocycles. The zero-order chi connectivity index (χ0) is 15.2. The van der Waals surface area contributed by atoms with Crippen LogP contribution in [0.1, 0.15) is 31.2 Å². The number of rotatable bonds is 5. The smallest absolute Gasteiger partial charge is 0.226 e. The number of hydrogen-bond donors (Lipinski definition) is 2. The average molecular weight is 291 g/mol. The first-order chi connectivity index (χ1) is 10.1. The molecule has 0 aromatic heterocycles. The molecule has 6 nitrogen and oxygen atoms in total. The van der Waals surface area contributed by atoms with Crippen LogP contribution in [0, 0.1) is 0 Å². The van der Waals surface area contributed by atoms with Gasteiger partial charge in [0.2, 0.25) is 5.91 Å². The predicted octanol–water partition coefficient (Wildman–Crippen LogP) is 1.70. The van der Waals surface area contributed by atoms with Gasteiger partial charge in [-0.1, -0.05) is 17.3 Å². The second-order valence-electron chi connectivity index (χ2n) is 5.13. The van der Waals surface area contributed by atoms with Crippen molar-refractivity contribution in [1.29, 1.82) is 0 Å². The van der Waals surface area contributed by atoms with E-state index in [0.29, 0.717) is 17.7 Å². The number of nitrogens with two attached hydrogens (primary N) is 1. The highest BCUT2D eigenvalue weighted by Crippen LogP contribution is 2.22. The van der Waals surface area contributed by atoms with E-state index in [-0.39, 0.29) is 17.8 Å². The number of ether oxygens (including phenoxy) is 1. The number of benzene rings is 1. The number of carbonyl (C=O) groups is 1. The molecule has 1 saturated heterocycles. The molecule has 0 spiro atoms. The van der Waals surface area contributed by atoms with Gasteiger partial charge in [0.1, 0.15) is 0 Å². The van der Waals surface area contributed by atoms with Gasteiger partial charge in [-0.15, -0.1) is 0 Å². The Morgan fingerprint density at radius 3 is 2.95 bits per heavy atom. The number of para-hydroxylation sites is 1. The molecule has 1 aliphatic heterocycles. The van der Waals surface area contributed by atoms with Crippen molar-refractivity contribution < 1.29 is 14.7 Å². The fourth-order valence-electron chi connectivity index (χ4n) is 2.50. The normalized spacial score (nSPS) is 18.7. The van der Waals surface area contributed by atoms with E-state index in [9.17, 15) is 4.79 Å². The number of amidine groups is 1. The van der Waals surface area contributed by atoms with E-state index in [1.54, 1.807) is 30.1 Å². The van der Waals surface area contributed by atoms with Crippen LogP contribution in [0.2, 0.25) is 0 Å². The van der Waals surface area contributed by atoms with E-state index in [1.807, 2.05) is 6.07 Å². The molecule has 6 heteroatoms. The van der Waals surface area contributed by atoms with Crippen molar-refractivity contribution in [1.82, 2.24) is 0 Å². The summed E-state index contributed by atoms with van der Waals surface area (Å²) in [7, 11) is 1.70. The van der Waals surface area contributed by atoms with Crippen molar-refractivity contribution >= 4 is 17.4 Å². The van der Waals surface area contributed by atoms with E-state index in [1.165, 1.54) is 0 Å². The lowest BCUT2D eigenvalue weighted by molar-refractivity contribution is -0.118. The predicted molar refractivity (Wildman–Crippen MR) is 80.6 cm³/mol. The van der Waals surface area contributed by atoms with Crippen LogP contribution in [-0.4, -0.2) is 36.7 Å². The lowest BCUT2D eigenvalue weighted by Crippen LogP contribution is -2.29. The number of carbonyl (C=O) groups excluding carboxylic acids is 1. The van der Waals surface area contributed by atoms with E-state index < -0.39 is 0 Å². The lowest BCUT2D eigenvalue weighted by atomic mass is 10.1. The highest BCUT2D eigenvalue weighted by atomic mass is 16.5. The number of anilines is 1. The van der Waals surface area contributed by atoms with Crippen LogP contribution >= 0.6 is 0 Å². The Balaban J connectivity index is 2.04. The summed E-state index contributed by atoms with van der Waals surface area (Å²) in [5, 5.41) is 11.8. The standard InChI is InChI=1S/C15H21N3O3/c1-18(14(19)9-8-11-5-4-10-21-11)13-7-3-2-6-12(13)15(16)17-20/h2-3,6-7,11,20H,4-5,8-10H2,1H3,(H2,16,17). The molecule has 2 rings (SSSR count). The quantitative estimate of drug-likeness (QED) is 0.374. The van der Waals surface area contributed by atoms with Crippen LogP contribution in [0.4, 0.5) is 5.69 Å². The Hall–Kier alpha value is -2.08. The van der Waals surface area contributed by atoms with Crippen molar-refractivity contribution in [2.75, 3.05) is 18.6 Å². The summed E-state index contributed by atoms with van der Waals surface area (Å²) in [5.74, 6) is -0.0203. The van der Waals surface area contributed by atoms with E-state index >= 15 is 0 Å². The van der Waals surface area contributed by atoms with Gasteiger partial charge in [0, 0.05) is 25.6 Å². The van der Waals surface area contributed by atoms with Crippen LogP contribution in [0.5, 0.6) is 0 Å². The van der Waals surface area contributed by atoms with Gasteiger partial charge in [0.25, 0.3) is 0 Å². The van der Waals surface area contributed by atoms with Crippen LogP contribution in [0.15, 0.2) is 29.4 Å². The summed E-state index contributed by atoms with van der Waals surface area (Å²) in [5.41, 5.74) is 6.81. The van der Waals surface area contributed by atoms with Gasteiger partial charge in [0.05, 0.1) is 11.8 Å². The maximum Gasteiger partial charge on any atom is 0.226 e. The summed E-state index contributed by atoms with van der Waals surface area (Å²) in [6.07, 6.45) is 3.45. The van der Waals surface area contributed by atoms with Crippen molar-refractivity contribution in [2.24, 2.45) is 10.9 Å². The van der Waals surface area contributed by atoms with Gasteiger partial charge in [-0.05, 0) is 31.4 Å². The average Bonchev–Trinajstić information content (AvgIpc) is 3.04. The van der Waals surface area contributed by atoms with E-state index in [0.717, 1.165) is 25.9 Å². The maximum atomic E-state index is 12.3. The SMILES string of the molecule is CN(C(=O)CCC1CCCO1)c1ccccc1/C(N)=N/O. The Labute approximate surface area is 124 Å². The molecule has 1 fully saturated rings. The first-order valence-corrected chi connectivity index (χ1v) is 7.08. The van der Waals surface area contributed by atoms with Gasteiger partial charge in [0.15, 0.2) is 5.84 Å². The van der Waals surface area contributed by atoms with Gasteiger partial charge in [-0.2, -0.15) is 0 Å². The summed E-state index contributed by atoms with van der Waals surface area (Å²) in [4.78, 5) is 13.8. The fraction of sp³-hybridized carbons (Fsp3) is 0.467. The third-order valence-corrected chi connectivity index (χ3v) is 3.73. The van der Waals surface area contributed by atoms with Crippen LogP contribution < -0.4 is 10.6 Å². The second-order valence-corrected chi connectivity index (χ2v) is 5.13. The molecule has 3 N–H and O–H groups in total. The second kappa shape index (κ2) is 7.08. The molecular weight excluding hydrogens is 270 g/mol. The molecule has 1 aromatic rings.